The Balaban J connectivity index is 1.46. The molecule has 1 saturated carbocycles. The summed E-state index contributed by atoms with van der Waals surface area (Å²) in [6.45, 7) is 4.33. The van der Waals surface area contributed by atoms with Crippen LogP contribution in [-0.4, -0.2) is 60.4 Å². The normalized spacial score (nSPS) is 19.4. The fraction of sp³-hybridized carbons (Fsp3) is 0.360. The summed E-state index contributed by atoms with van der Waals surface area (Å²) in [6.07, 6.45) is 6.85. The van der Waals surface area contributed by atoms with Gasteiger partial charge in [-0.15, -0.1) is 0 Å². The molecule has 2 N–H and O–H groups in total. The average Bonchev–Trinajstić information content (AvgIpc) is 3.63. The first kappa shape index (κ1) is 23.3. The van der Waals surface area contributed by atoms with E-state index >= 15 is 0 Å². The van der Waals surface area contributed by atoms with Gasteiger partial charge in [0.05, 0.1) is 61.9 Å². The molecule has 1 amide bonds. The molecule has 182 valence electrons. The van der Waals surface area contributed by atoms with Crippen LogP contribution in [0.1, 0.15) is 24.3 Å². The Morgan fingerprint density at radius 3 is 2.63 bits per heavy atom. The van der Waals surface area contributed by atoms with Gasteiger partial charge in [-0.25, -0.2) is 9.97 Å². The molecule has 0 bridgehead atoms. The van der Waals surface area contributed by atoms with Crippen LogP contribution in [-0.2, 0) is 9.53 Å². The van der Waals surface area contributed by atoms with Crippen LogP contribution in [0.3, 0.4) is 0 Å². The number of hydrogen-bond acceptors (Lipinski definition) is 8. The number of pyridine rings is 1. The number of carbonyl (C=O) groups excluding carboxylic acids is 1. The number of nitrogens with zero attached hydrogens (tertiary/aromatic N) is 3. The number of aromatic nitrogens is 3. The number of amides is 1. The van der Waals surface area contributed by atoms with E-state index in [2.05, 4.69) is 27.2 Å². The fourth-order valence-electron chi connectivity index (χ4n) is 4.36. The predicted molar refractivity (Wildman–Crippen MR) is 133 cm³/mol. The highest BCUT2D eigenvalue weighted by Crippen LogP contribution is 2.53. The number of ether oxygens (including phenoxy) is 3. The molecule has 3 heterocycles. The molecule has 35 heavy (non-hydrogen) atoms. The number of hydrogen-bond donors (Lipinski definition) is 2. The van der Waals surface area contributed by atoms with Crippen LogP contribution in [0.5, 0.6) is 11.5 Å². The highest BCUT2D eigenvalue weighted by atomic mass is 35.5. The van der Waals surface area contributed by atoms with Crippen molar-refractivity contribution in [2.24, 2.45) is 0 Å². The number of anilines is 1. The topological polar surface area (TPSA) is 107 Å². The first-order valence-electron chi connectivity index (χ1n) is 11.4. The van der Waals surface area contributed by atoms with Gasteiger partial charge in [0, 0.05) is 28.8 Å². The monoisotopic (exact) mass is 495 g/mol. The SMILES string of the molecule is C=CC(=O)N[C@H]1COC[C@H]1Nc1ncc2cc(-c3c(Cl)c(OC)cc(OC)c3C3CC3)ncc2n1. The molecule has 2 atom stereocenters. The maximum absolute atomic E-state index is 11.7. The minimum atomic E-state index is -0.248. The number of nitrogens with one attached hydrogen (secondary N) is 2. The van der Waals surface area contributed by atoms with E-state index in [-0.39, 0.29) is 18.0 Å². The van der Waals surface area contributed by atoms with Gasteiger partial charge in [-0.05, 0) is 30.9 Å². The lowest BCUT2D eigenvalue weighted by Gasteiger charge is -2.20. The van der Waals surface area contributed by atoms with Crippen LogP contribution >= 0.6 is 11.6 Å². The van der Waals surface area contributed by atoms with Crippen LogP contribution in [0.4, 0.5) is 5.95 Å². The first-order chi connectivity index (χ1) is 17.0. The van der Waals surface area contributed by atoms with Gasteiger partial charge in [0.1, 0.15) is 11.5 Å². The number of halogens is 1. The van der Waals surface area contributed by atoms with Gasteiger partial charge >= 0.3 is 0 Å². The third kappa shape index (κ3) is 4.61. The maximum atomic E-state index is 11.7. The molecule has 0 unspecified atom stereocenters. The van der Waals surface area contributed by atoms with Gasteiger partial charge in [0.25, 0.3) is 0 Å². The van der Waals surface area contributed by atoms with Gasteiger partial charge < -0.3 is 24.8 Å². The second kappa shape index (κ2) is 9.67. The van der Waals surface area contributed by atoms with E-state index in [1.807, 2.05) is 12.1 Å². The molecule has 0 radical (unpaired) electrons. The molecule has 3 aromatic rings. The Morgan fingerprint density at radius 2 is 1.91 bits per heavy atom. The second-order valence-electron chi connectivity index (χ2n) is 8.59. The van der Waals surface area contributed by atoms with E-state index in [1.165, 1.54) is 6.08 Å². The maximum Gasteiger partial charge on any atom is 0.243 e. The first-order valence-corrected chi connectivity index (χ1v) is 11.7. The minimum Gasteiger partial charge on any atom is -0.496 e. The van der Waals surface area contributed by atoms with Crippen LogP contribution in [0, 0.1) is 0 Å². The molecule has 1 aliphatic carbocycles. The van der Waals surface area contributed by atoms with E-state index in [9.17, 15) is 4.79 Å². The van der Waals surface area contributed by atoms with Crippen LogP contribution in [0.15, 0.2) is 37.2 Å². The third-order valence-corrected chi connectivity index (χ3v) is 6.66. The summed E-state index contributed by atoms with van der Waals surface area (Å²) < 4.78 is 16.7. The number of fused-ring (bicyclic) bond motifs is 1. The van der Waals surface area contributed by atoms with E-state index in [1.54, 1.807) is 26.6 Å². The van der Waals surface area contributed by atoms with Crippen LogP contribution in [0.25, 0.3) is 22.2 Å². The van der Waals surface area contributed by atoms with Crippen molar-refractivity contribution in [3.63, 3.8) is 0 Å². The van der Waals surface area contributed by atoms with Crippen molar-refractivity contribution >= 4 is 34.4 Å². The molecule has 1 aliphatic heterocycles. The molecule has 2 aromatic heterocycles. The highest BCUT2D eigenvalue weighted by Gasteiger charge is 2.33. The number of methoxy groups -OCH3 is 2. The van der Waals surface area contributed by atoms with Crippen LogP contribution in [0.2, 0.25) is 5.02 Å². The van der Waals surface area contributed by atoms with Crippen LogP contribution < -0.4 is 20.1 Å². The smallest absolute Gasteiger partial charge is 0.243 e. The summed E-state index contributed by atoms with van der Waals surface area (Å²) in [5.74, 6) is 1.85. The van der Waals surface area contributed by atoms with Crippen molar-refractivity contribution in [2.75, 3.05) is 32.8 Å². The van der Waals surface area contributed by atoms with E-state index in [0.717, 1.165) is 35.1 Å². The fourth-order valence-corrected chi connectivity index (χ4v) is 4.69. The Hall–Kier alpha value is -3.43. The van der Waals surface area contributed by atoms with Crippen molar-refractivity contribution in [2.45, 2.75) is 30.8 Å². The zero-order valence-corrected chi connectivity index (χ0v) is 20.3. The molecule has 9 nitrogen and oxygen atoms in total. The molecule has 5 rings (SSSR count). The largest absolute Gasteiger partial charge is 0.496 e. The molecule has 0 spiro atoms. The lowest BCUT2D eigenvalue weighted by molar-refractivity contribution is -0.117. The molecule has 10 heteroatoms. The van der Waals surface area contributed by atoms with Gasteiger partial charge in [-0.3, -0.25) is 9.78 Å². The van der Waals surface area contributed by atoms with Crippen molar-refractivity contribution < 1.29 is 19.0 Å². The number of carbonyl (C=O) groups is 1. The lowest BCUT2D eigenvalue weighted by Crippen LogP contribution is -2.45. The Labute approximate surface area is 207 Å². The Bertz CT molecular complexity index is 1300. The molecular weight excluding hydrogens is 470 g/mol. The Kier molecular flexibility index (Phi) is 6.44. The van der Waals surface area contributed by atoms with Gasteiger partial charge in [0.15, 0.2) is 0 Å². The van der Waals surface area contributed by atoms with Gasteiger partial charge in [0.2, 0.25) is 11.9 Å². The second-order valence-corrected chi connectivity index (χ2v) is 8.97. The molecule has 2 fully saturated rings. The van der Waals surface area contributed by atoms with Crippen molar-refractivity contribution in [1.29, 1.82) is 0 Å². The summed E-state index contributed by atoms with van der Waals surface area (Å²) in [5.41, 5.74) is 3.26. The summed E-state index contributed by atoms with van der Waals surface area (Å²) >= 11 is 6.77. The summed E-state index contributed by atoms with van der Waals surface area (Å²) in [4.78, 5) is 25.5. The van der Waals surface area contributed by atoms with Crippen molar-refractivity contribution in [3.8, 4) is 22.8 Å². The summed E-state index contributed by atoms with van der Waals surface area (Å²) in [6, 6.07) is 3.40. The highest BCUT2D eigenvalue weighted by molar-refractivity contribution is 6.35. The average molecular weight is 496 g/mol. The van der Waals surface area contributed by atoms with Crippen molar-refractivity contribution in [1.82, 2.24) is 20.3 Å². The molecule has 1 saturated heterocycles. The standard InChI is InChI=1S/C25H26ClN5O4/c1-4-21(32)29-17-11-35-12-18(17)31-25-28-9-14-7-15(27-10-16(14)30-25)23-22(13-5-6-13)19(33-2)8-20(34-3)24(23)26/h4,7-10,13,17-18H,1,5-6,11-12H2,2-3H3,(H,29,32)(H,28,30,31)/t17-,18+/m0/s1. The molecular formula is C25H26ClN5O4. The van der Waals surface area contributed by atoms with E-state index < -0.39 is 0 Å². The zero-order valence-electron chi connectivity index (χ0n) is 19.5. The molecule has 1 aromatic carbocycles. The Morgan fingerprint density at radius 1 is 1.14 bits per heavy atom. The molecule has 2 aliphatic rings. The van der Waals surface area contributed by atoms with Crippen molar-refractivity contribution in [3.05, 3.63) is 47.8 Å². The lowest BCUT2D eigenvalue weighted by atomic mass is 9.97. The predicted octanol–water partition coefficient (Wildman–Crippen LogP) is 3.72. The van der Waals surface area contributed by atoms with E-state index in [0.29, 0.717) is 47.1 Å². The summed E-state index contributed by atoms with van der Waals surface area (Å²) in [5, 5.41) is 7.44. The minimum absolute atomic E-state index is 0.160. The van der Waals surface area contributed by atoms with E-state index in [4.69, 9.17) is 30.8 Å². The third-order valence-electron chi connectivity index (χ3n) is 6.29. The summed E-state index contributed by atoms with van der Waals surface area (Å²) in [7, 11) is 3.23. The quantitative estimate of drug-likeness (QED) is 0.455. The number of rotatable bonds is 8. The number of benzene rings is 1. The zero-order chi connectivity index (χ0) is 24.5. The van der Waals surface area contributed by atoms with Gasteiger partial charge in [-0.1, -0.05) is 18.2 Å². The van der Waals surface area contributed by atoms with Gasteiger partial charge in [-0.2, -0.15) is 0 Å².